The van der Waals surface area contributed by atoms with Gasteiger partial charge in [-0.05, 0) is 24.6 Å². The van der Waals surface area contributed by atoms with Crippen LogP contribution >= 0.6 is 23.1 Å². The number of fused-ring (bicyclic) bond motifs is 1. The number of nitro groups is 1. The van der Waals surface area contributed by atoms with Crippen molar-refractivity contribution in [3.63, 3.8) is 0 Å². The van der Waals surface area contributed by atoms with E-state index in [2.05, 4.69) is 4.98 Å². The van der Waals surface area contributed by atoms with Crippen LogP contribution in [0.15, 0.2) is 46.4 Å². The van der Waals surface area contributed by atoms with E-state index in [-0.39, 0.29) is 35.9 Å². The third kappa shape index (κ3) is 4.53. The van der Waals surface area contributed by atoms with Crippen LogP contribution in [-0.2, 0) is 27.4 Å². The van der Waals surface area contributed by atoms with Crippen molar-refractivity contribution in [2.75, 3.05) is 5.75 Å². The summed E-state index contributed by atoms with van der Waals surface area (Å²) < 4.78 is 5.49. The van der Waals surface area contributed by atoms with E-state index in [1.54, 1.807) is 24.5 Å². The lowest BCUT2D eigenvalue weighted by atomic mass is 9.79. The molecule has 1 saturated heterocycles. The Hall–Kier alpha value is -2.76. The van der Waals surface area contributed by atoms with E-state index in [9.17, 15) is 24.8 Å². The average Bonchev–Trinajstić information content (AvgIpc) is 3.37. The van der Waals surface area contributed by atoms with Gasteiger partial charge in [0, 0.05) is 46.7 Å². The van der Waals surface area contributed by atoms with Crippen LogP contribution in [0.2, 0.25) is 0 Å². The summed E-state index contributed by atoms with van der Waals surface area (Å²) in [5.41, 5.74) is 0.793. The SMILES string of the molecule is C[C@@H](O)[C@H]1C(=O)N2C(C(=O)OCc3ccc([N+](=O)[O-])cc3)=C(SCCc3nccs3)[C@H](C)[C@@H]12. The van der Waals surface area contributed by atoms with Crippen LogP contribution in [0.3, 0.4) is 0 Å². The van der Waals surface area contributed by atoms with Crippen molar-refractivity contribution in [1.82, 2.24) is 9.88 Å². The molecule has 0 aliphatic carbocycles. The lowest BCUT2D eigenvalue weighted by Gasteiger charge is -2.46. The summed E-state index contributed by atoms with van der Waals surface area (Å²) in [6.45, 7) is 3.48. The number of carbonyl (C=O) groups is 2. The van der Waals surface area contributed by atoms with Gasteiger partial charge in [0.05, 0.1) is 28.0 Å². The van der Waals surface area contributed by atoms with E-state index >= 15 is 0 Å². The van der Waals surface area contributed by atoms with Crippen LogP contribution in [0.4, 0.5) is 5.69 Å². The highest BCUT2D eigenvalue weighted by Crippen LogP contribution is 2.50. The number of β-lactam (4-membered cyclic amide) rings is 1. The maximum absolute atomic E-state index is 13.1. The van der Waals surface area contributed by atoms with Gasteiger partial charge >= 0.3 is 5.97 Å². The third-order valence-corrected chi connectivity index (χ3v) is 8.00. The van der Waals surface area contributed by atoms with Gasteiger partial charge in [0.25, 0.3) is 5.69 Å². The molecule has 4 atom stereocenters. The molecule has 2 aromatic rings. The molecule has 11 heteroatoms. The Bertz CT molecular complexity index is 1080. The largest absolute Gasteiger partial charge is 0.456 e. The lowest BCUT2D eigenvalue weighted by Crippen LogP contribution is -2.63. The topological polar surface area (TPSA) is 123 Å². The van der Waals surface area contributed by atoms with E-state index in [1.165, 1.54) is 40.9 Å². The highest BCUT2D eigenvalue weighted by molar-refractivity contribution is 8.03. The van der Waals surface area contributed by atoms with Crippen LogP contribution in [0.25, 0.3) is 0 Å². The molecule has 2 aliphatic heterocycles. The molecule has 1 amide bonds. The lowest BCUT2D eigenvalue weighted by molar-refractivity contribution is -0.384. The molecule has 0 radical (unpaired) electrons. The van der Waals surface area contributed by atoms with Crippen LogP contribution in [0, 0.1) is 22.0 Å². The fourth-order valence-corrected chi connectivity index (χ4v) is 6.25. The Kier molecular flexibility index (Phi) is 6.82. The molecular weight excluding hydrogens is 466 g/mol. The van der Waals surface area contributed by atoms with E-state index < -0.39 is 22.9 Å². The van der Waals surface area contributed by atoms with Gasteiger partial charge in [-0.1, -0.05) is 6.92 Å². The summed E-state index contributed by atoms with van der Waals surface area (Å²) in [5.74, 6) is -0.850. The van der Waals surface area contributed by atoms with Crippen molar-refractivity contribution in [2.45, 2.75) is 39.0 Å². The first-order valence-electron chi connectivity index (χ1n) is 10.5. The summed E-state index contributed by atoms with van der Waals surface area (Å²) in [5, 5.41) is 23.8. The molecule has 1 fully saturated rings. The molecule has 1 aromatic carbocycles. The maximum Gasteiger partial charge on any atom is 0.356 e. The van der Waals surface area contributed by atoms with Gasteiger partial charge in [-0.2, -0.15) is 0 Å². The highest BCUT2D eigenvalue weighted by atomic mass is 32.2. The maximum atomic E-state index is 13.1. The molecule has 0 bridgehead atoms. The van der Waals surface area contributed by atoms with Crippen molar-refractivity contribution < 1.29 is 24.4 Å². The zero-order chi connectivity index (χ0) is 23.7. The summed E-state index contributed by atoms with van der Waals surface area (Å²) in [7, 11) is 0. The van der Waals surface area contributed by atoms with E-state index in [1.807, 2.05) is 12.3 Å². The standard InChI is InChI=1S/C22H23N3O6S2/c1-12-18-17(13(2)26)21(27)24(18)19(20(12)33-9-7-16-23-8-10-32-16)22(28)31-11-14-3-5-15(6-4-14)25(29)30/h3-6,8,10,12-13,17-18,26H,7,9,11H2,1-2H3/t12-,13-,17-,18+/m1/s1. The summed E-state index contributed by atoms with van der Waals surface area (Å²) in [4.78, 5) is 42.7. The summed E-state index contributed by atoms with van der Waals surface area (Å²) in [6.07, 6.45) is 1.68. The van der Waals surface area contributed by atoms with Crippen LogP contribution in [0.5, 0.6) is 0 Å². The van der Waals surface area contributed by atoms with Gasteiger partial charge in [0.1, 0.15) is 12.3 Å². The molecular formula is C22H23N3O6S2. The molecule has 0 spiro atoms. The normalized spacial score (nSPS) is 22.7. The zero-order valence-electron chi connectivity index (χ0n) is 18.0. The Morgan fingerprint density at radius 1 is 1.39 bits per heavy atom. The number of nitro benzene ring substituents is 1. The second-order valence-electron chi connectivity index (χ2n) is 7.99. The number of aliphatic hydroxyl groups is 1. The number of aromatic nitrogens is 1. The minimum absolute atomic E-state index is 0.0468. The fraction of sp³-hybridized carbons (Fsp3) is 0.409. The minimum Gasteiger partial charge on any atom is -0.456 e. The number of rotatable bonds is 9. The number of benzene rings is 1. The van der Waals surface area contributed by atoms with Gasteiger partial charge in [-0.25, -0.2) is 9.78 Å². The number of thioether (sulfide) groups is 1. The van der Waals surface area contributed by atoms with Crippen LogP contribution in [0.1, 0.15) is 24.4 Å². The van der Waals surface area contributed by atoms with Gasteiger partial charge in [-0.15, -0.1) is 23.1 Å². The first-order valence-corrected chi connectivity index (χ1v) is 12.3. The van der Waals surface area contributed by atoms with Gasteiger partial charge in [-0.3, -0.25) is 14.9 Å². The fourth-order valence-electron chi connectivity index (χ4n) is 4.26. The van der Waals surface area contributed by atoms with Crippen LogP contribution in [-0.4, -0.2) is 49.7 Å². The second kappa shape index (κ2) is 9.62. The smallest absolute Gasteiger partial charge is 0.356 e. The van der Waals surface area contributed by atoms with Crippen molar-refractivity contribution in [3.05, 3.63) is 67.1 Å². The first kappa shape index (κ1) is 23.4. The molecule has 33 heavy (non-hydrogen) atoms. The van der Waals surface area contributed by atoms with E-state index in [0.29, 0.717) is 11.3 Å². The number of ether oxygens (including phenoxy) is 1. The number of esters is 1. The molecule has 1 aromatic heterocycles. The molecule has 174 valence electrons. The molecule has 2 aliphatic rings. The molecule has 3 heterocycles. The van der Waals surface area contributed by atoms with Gasteiger partial charge in [0.2, 0.25) is 5.91 Å². The monoisotopic (exact) mass is 489 g/mol. The molecule has 0 unspecified atom stereocenters. The number of nitrogens with zero attached hydrogens (tertiary/aromatic N) is 3. The van der Waals surface area contributed by atoms with Crippen molar-refractivity contribution in [1.29, 1.82) is 0 Å². The Balaban J connectivity index is 1.51. The number of non-ortho nitro benzene ring substituents is 1. The molecule has 0 saturated carbocycles. The zero-order valence-corrected chi connectivity index (χ0v) is 19.7. The Morgan fingerprint density at radius 3 is 2.73 bits per heavy atom. The Morgan fingerprint density at radius 2 is 2.12 bits per heavy atom. The van der Waals surface area contributed by atoms with Crippen LogP contribution < -0.4 is 0 Å². The predicted octanol–water partition coefficient (Wildman–Crippen LogP) is 3.14. The van der Waals surface area contributed by atoms with E-state index in [4.69, 9.17) is 4.74 Å². The first-order chi connectivity index (χ1) is 15.8. The average molecular weight is 490 g/mol. The van der Waals surface area contributed by atoms with E-state index in [0.717, 1.165) is 16.3 Å². The second-order valence-corrected chi connectivity index (χ2v) is 10.1. The van der Waals surface area contributed by atoms with Crippen molar-refractivity contribution in [3.8, 4) is 0 Å². The summed E-state index contributed by atoms with van der Waals surface area (Å²) in [6, 6.07) is 5.48. The quantitative estimate of drug-likeness (QED) is 0.247. The van der Waals surface area contributed by atoms with Gasteiger partial charge < -0.3 is 14.7 Å². The number of aliphatic hydroxyl groups excluding tert-OH is 1. The summed E-state index contributed by atoms with van der Waals surface area (Å²) >= 11 is 3.08. The molecule has 1 N–H and O–H groups in total. The van der Waals surface area contributed by atoms with Crippen molar-refractivity contribution >= 4 is 40.7 Å². The van der Waals surface area contributed by atoms with Gasteiger partial charge in [0.15, 0.2) is 0 Å². The number of thiazole rings is 1. The number of amides is 1. The third-order valence-electron chi connectivity index (χ3n) is 5.88. The molecule has 9 nitrogen and oxygen atoms in total. The van der Waals surface area contributed by atoms with Crippen molar-refractivity contribution in [2.24, 2.45) is 11.8 Å². The predicted molar refractivity (Wildman–Crippen MR) is 123 cm³/mol. The number of carbonyl (C=O) groups excluding carboxylic acids is 2. The number of aryl methyl sites for hydroxylation is 1. The minimum atomic E-state index is -0.807. The number of hydrogen-bond acceptors (Lipinski definition) is 9. The molecule has 4 rings (SSSR count). The number of hydrogen-bond donors (Lipinski definition) is 1. The Labute approximate surface area is 198 Å². The highest BCUT2D eigenvalue weighted by Gasteiger charge is 2.60.